The zero-order chi connectivity index (χ0) is 27.0. The van der Waals surface area contributed by atoms with Crippen LogP contribution in [0, 0.1) is 0 Å². The molecule has 0 spiro atoms. The van der Waals surface area contributed by atoms with Crippen molar-refractivity contribution >= 4 is 51.9 Å². The van der Waals surface area contributed by atoms with E-state index in [4.69, 9.17) is 14.2 Å². The van der Waals surface area contributed by atoms with E-state index < -0.39 is 8.07 Å². The van der Waals surface area contributed by atoms with Crippen LogP contribution in [-0.4, -0.2) is 14.8 Å². The fourth-order valence-electron chi connectivity index (χ4n) is 7.10. The monoisotopic (exact) mass is 542 g/mol. The van der Waals surface area contributed by atoms with Crippen molar-refractivity contribution in [3.63, 3.8) is 0 Å². The number of rotatable bonds is 4. The van der Waals surface area contributed by atoms with Crippen LogP contribution in [-0.2, 0) is 0 Å². The van der Waals surface area contributed by atoms with Gasteiger partial charge in [-0.2, -0.15) is 0 Å². The van der Waals surface area contributed by atoms with Gasteiger partial charge < -0.3 is 14.2 Å². The smallest absolute Gasteiger partial charge is 0.270 e. The van der Waals surface area contributed by atoms with Crippen molar-refractivity contribution < 1.29 is 14.2 Å². The van der Waals surface area contributed by atoms with E-state index in [1.54, 1.807) is 0 Å². The van der Waals surface area contributed by atoms with Crippen LogP contribution in [0.4, 0.5) is 0 Å². The minimum absolute atomic E-state index is 0.00365. The largest absolute Gasteiger partial charge is 0.458 e. The van der Waals surface area contributed by atoms with E-state index in [1.807, 2.05) is 24.3 Å². The summed E-state index contributed by atoms with van der Waals surface area (Å²) in [4.78, 5) is 0. The summed E-state index contributed by atoms with van der Waals surface area (Å²) < 4.78 is 19.9. The van der Waals surface area contributed by atoms with Crippen molar-refractivity contribution in [2.45, 2.75) is 0 Å². The summed E-state index contributed by atoms with van der Waals surface area (Å²) in [6, 6.07) is 49.6. The van der Waals surface area contributed by atoms with Gasteiger partial charge in [0.2, 0.25) is 0 Å². The first-order valence-electron chi connectivity index (χ1n) is 14.0. The second kappa shape index (κ2) is 8.50. The first-order chi connectivity index (χ1) is 20.3. The fourth-order valence-corrected chi connectivity index (χ4v) is 11.9. The molecule has 192 valence electrons. The van der Waals surface area contributed by atoms with Gasteiger partial charge in [-0.05, 0) is 57.1 Å². The maximum absolute atomic E-state index is 6.76. The molecule has 0 aromatic heterocycles. The molecule has 0 atom stereocenters. The highest BCUT2D eigenvalue weighted by Gasteiger charge is 2.48. The SMILES string of the molecule is c1ccc([Si](c2ccccc2)(c2ccccc2)c2cc3c4c(c2)Oc2cccc5c2B4c2c(cccc2O3)O5)cc1. The standard InChI is InChI=1S/C36H23BO3Si/c1-4-12-24(13-5-1)41(25-14-6-2-7-15-25,26-16-8-3-9-17-26)27-22-32-36-33(23-27)40-31-21-11-19-29-35(31)37(36)34-28(38-29)18-10-20-30(34)39-32/h1-23H. The first kappa shape index (κ1) is 22.8. The molecule has 3 aliphatic heterocycles. The molecule has 3 nitrogen and oxygen atoms in total. The number of hydrogen-bond donors (Lipinski definition) is 0. The van der Waals surface area contributed by atoms with Crippen LogP contribution in [0.15, 0.2) is 140 Å². The third kappa shape index (κ3) is 3.09. The lowest BCUT2D eigenvalue weighted by atomic mass is 9.34. The summed E-state index contributed by atoms with van der Waals surface area (Å²) in [5.74, 6) is 5.10. The lowest BCUT2D eigenvalue weighted by Crippen LogP contribution is -2.75. The second-order valence-electron chi connectivity index (χ2n) is 10.8. The highest BCUT2D eigenvalue weighted by molar-refractivity contribution is 7.20. The van der Waals surface area contributed by atoms with Crippen molar-refractivity contribution in [1.29, 1.82) is 0 Å². The lowest BCUT2D eigenvalue weighted by Gasteiger charge is -2.39. The molecule has 0 saturated carbocycles. The molecule has 41 heavy (non-hydrogen) atoms. The van der Waals surface area contributed by atoms with E-state index in [-0.39, 0.29) is 6.71 Å². The van der Waals surface area contributed by atoms with E-state index in [9.17, 15) is 0 Å². The van der Waals surface area contributed by atoms with Crippen LogP contribution < -0.4 is 51.3 Å². The Labute approximate surface area is 239 Å². The average Bonchev–Trinajstić information content (AvgIpc) is 3.03. The van der Waals surface area contributed by atoms with E-state index in [2.05, 4.69) is 115 Å². The molecule has 0 unspecified atom stereocenters. The second-order valence-corrected chi connectivity index (χ2v) is 14.6. The Hall–Kier alpha value is -5.00. The quantitative estimate of drug-likeness (QED) is 0.250. The minimum Gasteiger partial charge on any atom is -0.458 e. The van der Waals surface area contributed by atoms with Gasteiger partial charge in [-0.1, -0.05) is 103 Å². The minimum atomic E-state index is -2.77. The Bertz CT molecular complexity index is 1800. The van der Waals surface area contributed by atoms with Gasteiger partial charge in [0.15, 0.2) is 8.07 Å². The van der Waals surface area contributed by atoms with E-state index in [0.717, 1.165) is 50.9 Å². The zero-order valence-electron chi connectivity index (χ0n) is 22.1. The van der Waals surface area contributed by atoms with Crippen LogP contribution >= 0.6 is 0 Å². The predicted octanol–water partition coefficient (Wildman–Crippen LogP) is 3.90. The molecule has 3 aliphatic rings. The third-order valence-corrected chi connectivity index (χ3v) is 13.5. The zero-order valence-corrected chi connectivity index (χ0v) is 23.1. The molecule has 3 heterocycles. The summed E-state index contributed by atoms with van der Waals surface area (Å²) in [5.41, 5.74) is 3.24. The van der Waals surface area contributed by atoms with Gasteiger partial charge in [-0.25, -0.2) is 0 Å². The molecule has 0 fully saturated rings. The van der Waals surface area contributed by atoms with E-state index in [0.29, 0.717) is 0 Å². The summed E-state index contributed by atoms with van der Waals surface area (Å²) in [6.07, 6.45) is 0. The van der Waals surface area contributed by atoms with Crippen LogP contribution in [0.3, 0.4) is 0 Å². The summed E-state index contributed by atoms with van der Waals surface area (Å²) in [6.45, 7) is 0.00365. The summed E-state index contributed by atoms with van der Waals surface area (Å²) in [5, 5.41) is 5.16. The molecule has 9 rings (SSSR count). The number of benzene rings is 6. The third-order valence-electron chi connectivity index (χ3n) is 8.74. The van der Waals surface area contributed by atoms with Crippen LogP contribution in [0.2, 0.25) is 0 Å². The molecule has 0 N–H and O–H groups in total. The van der Waals surface area contributed by atoms with Gasteiger partial charge >= 0.3 is 0 Å². The highest BCUT2D eigenvalue weighted by Crippen LogP contribution is 2.41. The summed E-state index contributed by atoms with van der Waals surface area (Å²) in [7, 11) is -2.77. The molecule has 0 aliphatic carbocycles. The Morgan fingerprint density at radius 3 is 1.07 bits per heavy atom. The topological polar surface area (TPSA) is 27.7 Å². The molecule has 0 saturated heterocycles. The van der Waals surface area contributed by atoms with Gasteiger partial charge in [0, 0.05) is 16.4 Å². The Kier molecular flexibility index (Phi) is 4.72. The Balaban J connectivity index is 1.38. The van der Waals surface area contributed by atoms with Crippen LogP contribution in [0.25, 0.3) is 0 Å². The Morgan fingerprint density at radius 1 is 0.341 bits per heavy atom. The van der Waals surface area contributed by atoms with Gasteiger partial charge in [-0.3, -0.25) is 0 Å². The molecular weight excluding hydrogens is 519 g/mol. The molecule has 6 aromatic carbocycles. The number of hydrogen-bond acceptors (Lipinski definition) is 3. The van der Waals surface area contributed by atoms with Gasteiger partial charge in [-0.15, -0.1) is 0 Å². The van der Waals surface area contributed by atoms with Gasteiger partial charge in [0.1, 0.15) is 34.5 Å². The summed E-state index contributed by atoms with van der Waals surface area (Å²) >= 11 is 0. The van der Waals surface area contributed by atoms with Crippen molar-refractivity contribution in [3.8, 4) is 34.5 Å². The van der Waals surface area contributed by atoms with E-state index >= 15 is 0 Å². The molecular formula is C36H23BO3Si. The molecule has 5 heteroatoms. The first-order valence-corrected chi connectivity index (χ1v) is 16.0. The van der Waals surface area contributed by atoms with Crippen LogP contribution in [0.1, 0.15) is 0 Å². The van der Waals surface area contributed by atoms with Crippen molar-refractivity contribution in [2.75, 3.05) is 0 Å². The average molecular weight is 542 g/mol. The molecule has 0 amide bonds. The molecule has 6 aromatic rings. The van der Waals surface area contributed by atoms with E-state index in [1.165, 1.54) is 20.7 Å². The Morgan fingerprint density at radius 2 is 0.683 bits per heavy atom. The van der Waals surface area contributed by atoms with Gasteiger partial charge in [0.05, 0.1) is 0 Å². The molecule has 0 radical (unpaired) electrons. The normalized spacial score (nSPS) is 13.4. The van der Waals surface area contributed by atoms with Crippen molar-refractivity contribution in [2.24, 2.45) is 0 Å². The highest BCUT2D eigenvalue weighted by atomic mass is 28.3. The number of ether oxygens (including phenoxy) is 3. The maximum Gasteiger partial charge on any atom is 0.270 e. The lowest BCUT2D eigenvalue weighted by molar-refractivity contribution is 0.443. The van der Waals surface area contributed by atoms with Crippen molar-refractivity contribution in [1.82, 2.24) is 0 Å². The fraction of sp³-hybridized carbons (Fsp3) is 0. The van der Waals surface area contributed by atoms with Crippen molar-refractivity contribution in [3.05, 3.63) is 140 Å². The van der Waals surface area contributed by atoms with Gasteiger partial charge in [0.25, 0.3) is 6.71 Å². The maximum atomic E-state index is 6.76. The predicted molar refractivity (Wildman–Crippen MR) is 168 cm³/mol. The molecule has 0 bridgehead atoms. The van der Waals surface area contributed by atoms with Crippen LogP contribution in [0.5, 0.6) is 34.5 Å².